The van der Waals surface area contributed by atoms with E-state index in [0.717, 1.165) is 44.2 Å². The van der Waals surface area contributed by atoms with Gasteiger partial charge in [0.1, 0.15) is 11.6 Å². The third-order valence-electron chi connectivity index (χ3n) is 3.86. The van der Waals surface area contributed by atoms with E-state index in [9.17, 15) is 8.78 Å². The summed E-state index contributed by atoms with van der Waals surface area (Å²) in [5.74, 6) is -0.999. The molecule has 0 radical (unpaired) electrons. The average molecular weight is 308 g/mol. The largest absolute Gasteiger partial charge is 0.315 e. The highest BCUT2D eigenvalue weighted by Gasteiger charge is 2.26. The summed E-state index contributed by atoms with van der Waals surface area (Å²) in [6.07, 6.45) is 1.03. The van der Waals surface area contributed by atoms with Crippen LogP contribution in [-0.2, 0) is 0 Å². The van der Waals surface area contributed by atoms with Gasteiger partial charge in [-0.15, -0.1) is 0 Å². The number of halogens is 2. The maximum absolute atomic E-state index is 14.3. The van der Waals surface area contributed by atoms with Crippen LogP contribution in [0.25, 0.3) is 0 Å². The molecule has 1 aliphatic rings. The topological polar surface area (TPSA) is 15.3 Å². The first-order chi connectivity index (χ1) is 10.3. The Morgan fingerprint density at radius 3 is 2.81 bits per heavy atom. The van der Waals surface area contributed by atoms with Gasteiger partial charge in [0.2, 0.25) is 0 Å². The van der Waals surface area contributed by atoms with Crippen molar-refractivity contribution in [3.8, 4) is 0 Å². The molecule has 1 aliphatic heterocycles. The van der Waals surface area contributed by atoms with Crippen LogP contribution in [0.4, 0.5) is 8.78 Å². The quantitative estimate of drug-likeness (QED) is 0.935. The predicted molar refractivity (Wildman–Crippen MR) is 81.6 cm³/mol. The molecule has 2 heterocycles. The zero-order valence-corrected chi connectivity index (χ0v) is 12.5. The number of nitrogens with zero attached hydrogens (tertiary/aromatic N) is 1. The van der Waals surface area contributed by atoms with Crippen LogP contribution in [0.2, 0.25) is 0 Å². The Labute approximate surface area is 127 Å². The third kappa shape index (κ3) is 3.31. The molecule has 1 unspecified atom stereocenters. The molecule has 0 spiro atoms. The Bertz CT molecular complexity index is 578. The highest BCUT2D eigenvalue weighted by atomic mass is 32.1. The van der Waals surface area contributed by atoms with Crippen molar-refractivity contribution < 1.29 is 8.78 Å². The van der Waals surface area contributed by atoms with E-state index in [1.165, 1.54) is 6.07 Å². The van der Waals surface area contributed by atoms with Gasteiger partial charge in [0.15, 0.2) is 0 Å². The molecule has 1 atom stereocenters. The summed E-state index contributed by atoms with van der Waals surface area (Å²) in [6, 6.07) is 5.78. The van der Waals surface area contributed by atoms with Gasteiger partial charge in [-0.2, -0.15) is 11.3 Å². The number of benzene rings is 1. The Morgan fingerprint density at radius 1 is 1.14 bits per heavy atom. The minimum absolute atomic E-state index is 0.142. The smallest absolute Gasteiger partial charge is 0.131 e. The molecule has 0 bridgehead atoms. The van der Waals surface area contributed by atoms with Crippen LogP contribution in [0.3, 0.4) is 0 Å². The highest BCUT2D eigenvalue weighted by molar-refractivity contribution is 7.08. The monoisotopic (exact) mass is 308 g/mol. The fourth-order valence-electron chi connectivity index (χ4n) is 2.87. The first-order valence-corrected chi connectivity index (χ1v) is 8.12. The first kappa shape index (κ1) is 14.6. The maximum atomic E-state index is 14.3. The van der Waals surface area contributed by atoms with Gasteiger partial charge in [0, 0.05) is 31.3 Å². The SMILES string of the molecule is Fc1ccc(C(c2ccsc2)N2CCCNCC2)c(F)c1. The predicted octanol–water partition coefficient (Wildman–Crippen LogP) is 3.41. The van der Waals surface area contributed by atoms with E-state index in [0.29, 0.717) is 5.56 Å². The van der Waals surface area contributed by atoms with Crippen LogP contribution in [0.1, 0.15) is 23.6 Å². The van der Waals surface area contributed by atoms with Crippen LogP contribution in [0.5, 0.6) is 0 Å². The van der Waals surface area contributed by atoms with Crippen molar-refractivity contribution in [2.24, 2.45) is 0 Å². The Morgan fingerprint density at radius 2 is 2.05 bits per heavy atom. The molecule has 2 nitrogen and oxygen atoms in total. The number of rotatable bonds is 3. The van der Waals surface area contributed by atoms with E-state index in [4.69, 9.17) is 0 Å². The summed E-state index contributed by atoms with van der Waals surface area (Å²) in [7, 11) is 0. The molecule has 21 heavy (non-hydrogen) atoms. The molecule has 1 aromatic carbocycles. The van der Waals surface area contributed by atoms with E-state index in [1.54, 1.807) is 17.4 Å². The second kappa shape index (κ2) is 6.64. The molecular formula is C16H18F2N2S. The van der Waals surface area contributed by atoms with Crippen molar-refractivity contribution in [1.29, 1.82) is 0 Å². The molecule has 0 aliphatic carbocycles. The van der Waals surface area contributed by atoms with E-state index >= 15 is 0 Å². The zero-order valence-electron chi connectivity index (χ0n) is 11.7. The molecule has 1 saturated heterocycles. The van der Waals surface area contributed by atoms with Crippen molar-refractivity contribution in [3.63, 3.8) is 0 Å². The van der Waals surface area contributed by atoms with E-state index in [1.807, 2.05) is 16.8 Å². The molecule has 3 rings (SSSR count). The third-order valence-corrected chi connectivity index (χ3v) is 4.56. The molecular weight excluding hydrogens is 290 g/mol. The fraction of sp³-hybridized carbons (Fsp3) is 0.375. The van der Waals surface area contributed by atoms with Gasteiger partial charge in [-0.25, -0.2) is 8.78 Å². The molecule has 1 aromatic heterocycles. The Balaban J connectivity index is 1.99. The summed E-state index contributed by atoms with van der Waals surface area (Å²) in [5, 5.41) is 7.41. The van der Waals surface area contributed by atoms with Gasteiger partial charge in [-0.1, -0.05) is 6.07 Å². The van der Waals surface area contributed by atoms with Crippen molar-refractivity contribution >= 4 is 11.3 Å². The second-order valence-corrected chi connectivity index (χ2v) is 6.04. The van der Waals surface area contributed by atoms with Gasteiger partial charge in [-0.3, -0.25) is 4.90 Å². The fourth-order valence-corrected chi connectivity index (χ4v) is 3.54. The standard InChI is InChI=1S/C16H18F2N2S/c17-13-2-3-14(15(18)10-13)16(12-4-9-21-11-12)20-7-1-5-19-6-8-20/h2-4,9-11,16,19H,1,5-8H2. The lowest BCUT2D eigenvalue weighted by Gasteiger charge is -2.30. The van der Waals surface area contributed by atoms with E-state index in [2.05, 4.69) is 10.2 Å². The number of thiophene rings is 1. The van der Waals surface area contributed by atoms with Crippen molar-refractivity contribution in [3.05, 3.63) is 57.8 Å². The molecule has 5 heteroatoms. The highest BCUT2D eigenvalue weighted by Crippen LogP contribution is 2.32. The van der Waals surface area contributed by atoms with Gasteiger partial charge < -0.3 is 5.32 Å². The van der Waals surface area contributed by atoms with Crippen LogP contribution < -0.4 is 5.32 Å². The number of hydrogen-bond acceptors (Lipinski definition) is 3. The molecule has 2 aromatic rings. The lowest BCUT2D eigenvalue weighted by molar-refractivity contribution is 0.237. The zero-order chi connectivity index (χ0) is 14.7. The summed E-state index contributed by atoms with van der Waals surface area (Å²) >= 11 is 1.60. The number of hydrogen-bond donors (Lipinski definition) is 1. The van der Waals surface area contributed by atoms with E-state index < -0.39 is 11.6 Å². The van der Waals surface area contributed by atoms with E-state index in [-0.39, 0.29) is 6.04 Å². The summed E-state index contributed by atoms with van der Waals surface area (Å²) in [6.45, 7) is 3.64. The maximum Gasteiger partial charge on any atom is 0.131 e. The molecule has 112 valence electrons. The normalized spacial score (nSPS) is 18.4. The van der Waals surface area contributed by atoms with Crippen molar-refractivity contribution in [1.82, 2.24) is 10.2 Å². The van der Waals surface area contributed by atoms with Crippen LogP contribution in [0, 0.1) is 11.6 Å². The molecule has 1 N–H and O–H groups in total. The lowest BCUT2D eigenvalue weighted by Crippen LogP contribution is -2.33. The second-order valence-electron chi connectivity index (χ2n) is 5.26. The minimum Gasteiger partial charge on any atom is -0.315 e. The molecule has 0 saturated carbocycles. The van der Waals surface area contributed by atoms with Crippen LogP contribution in [-0.4, -0.2) is 31.1 Å². The molecule has 0 amide bonds. The van der Waals surface area contributed by atoms with Crippen LogP contribution >= 0.6 is 11.3 Å². The lowest BCUT2D eigenvalue weighted by atomic mass is 9.98. The first-order valence-electron chi connectivity index (χ1n) is 7.17. The minimum atomic E-state index is -0.530. The van der Waals surface area contributed by atoms with Gasteiger partial charge in [-0.05, 0) is 41.4 Å². The summed E-state index contributed by atoms with van der Waals surface area (Å²) in [4.78, 5) is 2.28. The van der Waals surface area contributed by atoms with Gasteiger partial charge in [0.25, 0.3) is 0 Å². The van der Waals surface area contributed by atoms with Gasteiger partial charge in [0.05, 0.1) is 6.04 Å². The van der Waals surface area contributed by atoms with Crippen molar-refractivity contribution in [2.45, 2.75) is 12.5 Å². The van der Waals surface area contributed by atoms with Crippen LogP contribution in [0.15, 0.2) is 35.0 Å². The van der Waals surface area contributed by atoms with Gasteiger partial charge >= 0.3 is 0 Å². The molecule has 1 fully saturated rings. The number of nitrogens with one attached hydrogen (secondary N) is 1. The Hall–Kier alpha value is -1.30. The average Bonchev–Trinajstić information content (AvgIpc) is 2.85. The summed E-state index contributed by atoms with van der Waals surface area (Å²) < 4.78 is 27.5. The summed E-state index contributed by atoms with van der Waals surface area (Å²) in [5.41, 5.74) is 1.63. The Kier molecular flexibility index (Phi) is 4.63. The van der Waals surface area contributed by atoms with Crippen molar-refractivity contribution in [2.75, 3.05) is 26.2 Å².